The fourth-order valence-corrected chi connectivity index (χ4v) is 2.78. The van der Waals surface area contributed by atoms with Crippen molar-refractivity contribution in [3.8, 4) is 0 Å². The summed E-state index contributed by atoms with van der Waals surface area (Å²) >= 11 is 0. The minimum Gasteiger partial charge on any atom is -0.379 e. The second kappa shape index (κ2) is 10.1. The number of nitrogens with zero attached hydrogens (tertiary/aromatic N) is 3. The lowest BCUT2D eigenvalue weighted by Crippen LogP contribution is -2.39. The molecule has 0 atom stereocenters. The number of piperidine rings is 1. The van der Waals surface area contributed by atoms with Gasteiger partial charge in [0.25, 0.3) is 0 Å². The van der Waals surface area contributed by atoms with Gasteiger partial charge in [-0.1, -0.05) is 13.8 Å². The molecular formula is C16H33N3O2. The van der Waals surface area contributed by atoms with Gasteiger partial charge < -0.3 is 14.5 Å². The molecule has 5 heteroatoms. The summed E-state index contributed by atoms with van der Waals surface area (Å²) in [5.41, 5.74) is 0. The number of carbonyl (C=O) groups is 1. The van der Waals surface area contributed by atoms with E-state index in [0.29, 0.717) is 5.91 Å². The Labute approximate surface area is 130 Å². The number of carbonyl (C=O) groups excluding carboxylic acids is 1. The maximum Gasteiger partial charge on any atom is 0.225 e. The molecule has 0 aliphatic carbocycles. The average molecular weight is 299 g/mol. The van der Waals surface area contributed by atoms with Crippen molar-refractivity contribution in [2.45, 2.75) is 26.7 Å². The molecule has 0 saturated carbocycles. The molecule has 2 saturated heterocycles. The molecule has 0 aromatic heterocycles. The number of rotatable bonds is 3. The third kappa shape index (κ3) is 6.76. The van der Waals surface area contributed by atoms with Crippen molar-refractivity contribution in [2.75, 3.05) is 66.6 Å². The number of likely N-dealkylation sites (tertiary alicyclic amines) is 1. The molecule has 0 spiro atoms. The Hall–Kier alpha value is -0.650. The molecule has 2 fully saturated rings. The number of likely N-dealkylation sites (N-methyl/N-ethyl adjacent to an activating group) is 1. The van der Waals surface area contributed by atoms with E-state index in [1.807, 2.05) is 14.1 Å². The van der Waals surface area contributed by atoms with Gasteiger partial charge in [0.1, 0.15) is 0 Å². The van der Waals surface area contributed by atoms with E-state index in [4.69, 9.17) is 4.74 Å². The quantitative estimate of drug-likeness (QED) is 0.783. The second-order valence-electron chi connectivity index (χ2n) is 5.99. The van der Waals surface area contributed by atoms with Gasteiger partial charge in [0.2, 0.25) is 5.91 Å². The van der Waals surface area contributed by atoms with Crippen LogP contribution >= 0.6 is 0 Å². The Morgan fingerprint density at radius 1 is 1.00 bits per heavy atom. The van der Waals surface area contributed by atoms with Gasteiger partial charge in [-0.15, -0.1) is 0 Å². The van der Waals surface area contributed by atoms with Crippen LogP contribution in [0.15, 0.2) is 0 Å². The summed E-state index contributed by atoms with van der Waals surface area (Å²) in [6, 6.07) is 0. The maximum atomic E-state index is 11.6. The number of morpholine rings is 1. The summed E-state index contributed by atoms with van der Waals surface area (Å²) in [7, 11) is 3.68. The van der Waals surface area contributed by atoms with Crippen LogP contribution in [0.2, 0.25) is 0 Å². The van der Waals surface area contributed by atoms with Crippen LogP contribution in [0.5, 0.6) is 0 Å². The van der Waals surface area contributed by atoms with Gasteiger partial charge >= 0.3 is 0 Å². The van der Waals surface area contributed by atoms with Crippen LogP contribution in [0.4, 0.5) is 0 Å². The van der Waals surface area contributed by atoms with Crippen LogP contribution in [0.1, 0.15) is 26.7 Å². The monoisotopic (exact) mass is 299 g/mol. The van der Waals surface area contributed by atoms with E-state index in [1.54, 1.807) is 4.90 Å². The van der Waals surface area contributed by atoms with E-state index in [1.165, 1.54) is 6.54 Å². The van der Waals surface area contributed by atoms with Gasteiger partial charge in [-0.05, 0) is 39.0 Å². The van der Waals surface area contributed by atoms with Crippen molar-refractivity contribution >= 4 is 5.91 Å². The highest BCUT2D eigenvalue weighted by molar-refractivity contribution is 5.78. The normalized spacial score (nSPS) is 21.5. The highest BCUT2D eigenvalue weighted by Gasteiger charge is 2.24. The molecule has 5 nitrogen and oxygen atoms in total. The van der Waals surface area contributed by atoms with Crippen LogP contribution in [-0.2, 0) is 9.53 Å². The van der Waals surface area contributed by atoms with E-state index in [2.05, 4.69) is 23.6 Å². The van der Waals surface area contributed by atoms with Gasteiger partial charge in [0.15, 0.2) is 0 Å². The van der Waals surface area contributed by atoms with Gasteiger partial charge in [-0.3, -0.25) is 9.69 Å². The molecule has 2 rings (SSSR count). The van der Waals surface area contributed by atoms with E-state index in [9.17, 15) is 4.79 Å². The molecule has 0 N–H and O–H groups in total. The minimum atomic E-state index is 0.276. The molecule has 0 radical (unpaired) electrons. The number of hydrogen-bond acceptors (Lipinski definition) is 4. The smallest absolute Gasteiger partial charge is 0.225 e. The summed E-state index contributed by atoms with van der Waals surface area (Å²) in [5, 5.41) is 0. The molecule has 21 heavy (non-hydrogen) atoms. The third-order valence-corrected chi connectivity index (χ3v) is 4.38. The summed E-state index contributed by atoms with van der Waals surface area (Å²) in [6.07, 6.45) is 2.07. The fourth-order valence-electron chi connectivity index (χ4n) is 2.78. The molecule has 1 amide bonds. The first-order valence-corrected chi connectivity index (χ1v) is 8.32. The molecule has 2 heterocycles. The predicted molar refractivity (Wildman–Crippen MR) is 86.5 cm³/mol. The first-order chi connectivity index (χ1) is 10.1. The SMILES string of the molecule is CCN1CCC(C(=O)N(C)C)CC1.CCN1CCOCC1. The Bertz CT molecular complexity index is 283. The van der Waals surface area contributed by atoms with Crippen molar-refractivity contribution in [1.29, 1.82) is 0 Å². The van der Waals surface area contributed by atoms with Gasteiger partial charge in [0, 0.05) is 33.1 Å². The molecule has 0 aromatic carbocycles. The zero-order valence-corrected chi connectivity index (χ0v) is 14.3. The van der Waals surface area contributed by atoms with Crippen molar-refractivity contribution in [3.05, 3.63) is 0 Å². The van der Waals surface area contributed by atoms with Crippen LogP contribution in [0, 0.1) is 5.92 Å². The van der Waals surface area contributed by atoms with Gasteiger partial charge in [-0.2, -0.15) is 0 Å². The third-order valence-electron chi connectivity index (χ3n) is 4.38. The largest absolute Gasteiger partial charge is 0.379 e. The summed E-state index contributed by atoms with van der Waals surface area (Å²) in [6.45, 7) is 12.9. The Morgan fingerprint density at radius 2 is 1.48 bits per heavy atom. The molecular weight excluding hydrogens is 266 g/mol. The lowest BCUT2D eigenvalue weighted by atomic mass is 9.95. The molecule has 0 aromatic rings. The van der Waals surface area contributed by atoms with Gasteiger partial charge in [-0.25, -0.2) is 0 Å². The van der Waals surface area contributed by atoms with E-state index >= 15 is 0 Å². The van der Waals surface area contributed by atoms with Crippen molar-refractivity contribution in [3.63, 3.8) is 0 Å². The second-order valence-corrected chi connectivity index (χ2v) is 5.99. The van der Waals surface area contributed by atoms with Crippen molar-refractivity contribution in [2.24, 2.45) is 5.92 Å². The Morgan fingerprint density at radius 3 is 1.86 bits per heavy atom. The predicted octanol–water partition coefficient (Wildman–Crippen LogP) is 1.15. The molecule has 2 aliphatic heterocycles. The zero-order valence-electron chi connectivity index (χ0n) is 14.3. The average Bonchev–Trinajstić information content (AvgIpc) is 2.55. The fraction of sp³-hybridized carbons (Fsp3) is 0.938. The van der Waals surface area contributed by atoms with Crippen LogP contribution in [0.25, 0.3) is 0 Å². The summed E-state index contributed by atoms with van der Waals surface area (Å²) in [5.74, 6) is 0.577. The number of amides is 1. The zero-order chi connectivity index (χ0) is 15.7. The summed E-state index contributed by atoms with van der Waals surface area (Å²) < 4.78 is 5.16. The Kier molecular flexibility index (Phi) is 8.88. The van der Waals surface area contributed by atoms with Crippen molar-refractivity contribution in [1.82, 2.24) is 14.7 Å². The highest BCUT2D eigenvalue weighted by Crippen LogP contribution is 2.18. The van der Waals surface area contributed by atoms with E-state index in [0.717, 1.165) is 58.8 Å². The minimum absolute atomic E-state index is 0.276. The molecule has 0 bridgehead atoms. The topological polar surface area (TPSA) is 36.0 Å². The van der Waals surface area contributed by atoms with Crippen molar-refractivity contribution < 1.29 is 9.53 Å². The van der Waals surface area contributed by atoms with Crippen LogP contribution < -0.4 is 0 Å². The van der Waals surface area contributed by atoms with E-state index in [-0.39, 0.29) is 5.92 Å². The number of ether oxygens (including phenoxy) is 1. The molecule has 124 valence electrons. The first-order valence-electron chi connectivity index (χ1n) is 8.32. The van der Waals surface area contributed by atoms with Gasteiger partial charge in [0.05, 0.1) is 13.2 Å². The van der Waals surface area contributed by atoms with E-state index < -0.39 is 0 Å². The standard InChI is InChI=1S/C10H20N2O.C6H13NO/c1-4-12-7-5-9(6-8-12)10(13)11(2)3;1-2-7-3-5-8-6-4-7/h9H,4-8H2,1-3H3;2-6H2,1H3. The number of hydrogen-bond donors (Lipinski definition) is 0. The lowest BCUT2D eigenvalue weighted by Gasteiger charge is -2.31. The maximum absolute atomic E-state index is 11.6. The molecule has 2 aliphatic rings. The highest BCUT2D eigenvalue weighted by atomic mass is 16.5. The first kappa shape index (κ1) is 18.4. The molecule has 0 unspecified atom stereocenters. The summed E-state index contributed by atoms with van der Waals surface area (Å²) in [4.78, 5) is 18.1. The van der Waals surface area contributed by atoms with Crippen LogP contribution in [-0.4, -0.2) is 87.2 Å². The Balaban J connectivity index is 0.000000235. The lowest BCUT2D eigenvalue weighted by molar-refractivity contribution is -0.134. The van der Waals surface area contributed by atoms with Crippen LogP contribution in [0.3, 0.4) is 0 Å².